The van der Waals surface area contributed by atoms with E-state index in [-0.39, 0.29) is 24.6 Å². The molecule has 0 radical (unpaired) electrons. The highest BCUT2D eigenvalue weighted by Crippen LogP contribution is 2.18. The standard InChI is InChI=1S/C13H18N2O3S/c1-2-19(17,18)14-9-8-13(16)15(11-10-14)12-6-4-3-5-7-12/h3-7H,2,8-11H2,1H3. The molecule has 19 heavy (non-hydrogen) atoms. The normalized spacial score (nSPS) is 18.4. The predicted molar refractivity (Wildman–Crippen MR) is 74.4 cm³/mol. The minimum absolute atomic E-state index is 0.0278. The maximum Gasteiger partial charge on any atom is 0.228 e. The lowest BCUT2D eigenvalue weighted by Crippen LogP contribution is -2.36. The van der Waals surface area contributed by atoms with Crippen molar-refractivity contribution in [2.45, 2.75) is 13.3 Å². The summed E-state index contributed by atoms with van der Waals surface area (Å²) >= 11 is 0. The Morgan fingerprint density at radius 1 is 1.11 bits per heavy atom. The summed E-state index contributed by atoms with van der Waals surface area (Å²) in [6.07, 6.45) is 0.230. The van der Waals surface area contributed by atoms with E-state index in [1.807, 2.05) is 30.3 Å². The molecule has 0 atom stereocenters. The van der Waals surface area contributed by atoms with Crippen LogP contribution in [0.3, 0.4) is 0 Å². The van der Waals surface area contributed by atoms with Crippen LogP contribution in [0.4, 0.5) is 5.69 Å². The molecule has 0 unspecified atom stereocenters. The number of benzene rings is 1. The molecule has 1 fully saturated rings. The Hall–Kier alpha value is -1.40. The second-order valence-electron chi connectivity index (χ2n) is 4.43. The summed E-state index contributed by atoms with van der Waals surface area (Å²) in [7, 11) is -3.22. The summed E-state index contributed by atoms with van der Waals surface area (Å²) in [6.45, 7) is 2.66. The molecular weight excluding hydrogens is 264 g/mol. The van der Waals surface area contributed by atoms with Gasteiger partial charge in [-0.3, -0.25) is 4.79 Å². The zero-order chi connectivity index (χ0) is 13.9. The molecule has 0 bridgehead atoms. The molecule has 2 rings (SSSR count). The molecule has 104 valence electrons. The van der Waals surface area contributed by atoms with Crippen molar-refractivity contribution in [3.8, 4) is 0 Å². The zero-order valence-corrected chi connectivity index (χ0v) is 11.8. The summed E-state index contributed by atoms with van der Waals surface area (Å²) in [5.41, 5.74) is 0.822. The molecule has 1 aromatic rings. The van der Waals surface area contributed by atoms with Gasteiger partial charge in [-0.1, -0.05) is 18.2 Å². The topological polar surface area (TPSA) is 57.7 Å². The highest BCUT2D eigenvalue weighted by atomic mass is 32.2. The van der Waals surface area contributed by atoms with Gasteiger partial charge >= 0.3 is 0 Å². The molecule has 1 aliphatic rings. The molecule has 1 amide bonds. The number of anilines is 1. The lowest BCUT2D eigenvalue weighted by molar-refractivity contribution is -0.118. The van der Waals surface area contributed by atoms with Gasteiger partial charge in [0, 0.05) is 31.7 Å². The number of amides is 1. The van der Waals surface area contributed by atoms with Crippen LogP contribution in [-0.2, 0) is 14.8 Å². The van der Waals surface area contributed by atoms with Crippen LogP contribution in [0.2, 0.25) is 0 Å². The molecule has 1 saturated heterocycles. The number of carbonyl (C=O) groups excluding carboxylic acids is 1. The van der Waals surface area contributed by atoms with E-state index in [9.17, 15) is 13.2 Å². The van der Waals surface area contributed by atoms with E-state index in [4.69, 9.17) is 0 Å². The number of hydrogen-bond acceptors (Lipinski definition) is 3. The lowest BCUT2D eigenvalue weighted by Gasteiger charge is -2.21. The van der Waals surface area contributed by atoms with Crippen molar-refractivity contribution >= 4 is 21.6 Å². The Balaban J connectivity index is 2.17. The summed E-state index contributed by atoms with van der Waals surface area (Å²) in [6, 6.07) is 9.35. The molecule has 1 aliphatic heterocycles. The third kappa shape index (κ3) is 3.13. The highest BCUT2D eigenvalue weighted by Gasteiger charge is 2.27. The Kier molecular flexibility index (Phi) is 4.21. The van der Waals surface area contributed by atoms with Crippen molar-refractivity contribution in [3.63, 3.8) is 0 Å². The minimum Gasteiger partial charge on any atom is -0.311 e. The summed E-state index contributed by atoms with van der Waals surface area (Å²) in [4.78, 5) is 13.7. The number of nitrogens with zero attached hydrogens (tertiary/aromatic N) is 2. The minimum atomic E-state index is -3.22. The average molecular weight is 282 g/mol. The Bertz CT molecular complexity index is 542. The molecule has 1 aromatic carbocycles. The summed E-state index contributed by atoms with van der Waals surface area (Å²) in [5.74, 6) is 0.0481. The molecule has 0 saturated carbocycles. The van der Waals surface area contributed by atoms with Crippen molar-refractivity contribution in [3.05, 3.63) is 30.3 Å². The Morgan fingerprint density at radius 3 is 2.42 bits per heavy atom. The fraction of sp³-hybridized carbons (Fsp3) is 0.462. The first-order valence-electron chi connectivity index (χ1n) is 6.38. The van der Waals surface area contributed by atoms with Gasteiger partial charge in [0.05, 0.1) is 5.75 Å². The van der Waals surface area contributed by atoms with Crippen LogP contribution >= 0.6 is 0 Å². The largest absolute Gasteiger partial charge is 0.311 e. The lowest BCUT2D eigenvalue weighted by atomic mass is 10.2. The van der Waals surface area contributed by atoms with E-state index in [0.29, 0.717) is 13.1 Å². The van der Waals surface area contributed by atoms with Crippen LogP contribution in [0.1, 0.15) is 13.3 Å². The number of hydrogen-bond donors (Lipinski definition) is 0. The molecule has 0 aromatic heterocycles. The second kappa shape index (κ2) is 5.71. The van der Waals surface area contributed by atoms with Crippen LogP contribution in [0.15, 0.2) is 30.3 Å². The van der Waals surface area contributed by atoms with Gasteiger partial charge in [-0.2, -0.15) is 4.31 Å². The van der Waals surface area contributed by atoms with Gasteiger partial charge in [0.15, 0.2) is 0 Å². The van der Waals surface area contributed by atoms with Crippen LogP contribution in [0.25, 0.3) is 0 Å². The monoisotopic (exact) mass is 282 g/mol. The first-order valence-corrected chi connectivity index (χ1v) is 7.99. The molecule has 6 heteroatoms. The third-order valence-corrected chi connectivity index (χ3v) is 5.16. The van der Waals surface area contributed by atoms with E-state index in [1.54, 1.807) is 11.8 Å². The van der Waals surface area contributed by atoms with Crippen molar-refractivity contribution < 1.29 is 13.2 Å². The fourth-order valence-corrected chi connectivity index (χ4v) is 3.24. The van der Waals surface area contributed by atoms with E-state index >= 15 is 0 Å². The number of sulfonamides is 1. The zero-order valence-electron chi connectivity index (χ0n) is 10.9. The van der Waals surface area contributed by atoms with Crippen molar-refractivity contribution in [2.75, 3.05) is 30.3 Å². The predicted octanol–water partition coefficient (Wildman–Crippen LogP) is 1.07. The number of para-hydroxylation sites is 1. The molecule has 1 heterocycles. The quantitative estimate of drug-likeness (QED) is 0.833. The molecule has 0 spiro atoms. The van der Waals surface area contributed by atoms with E-state index < -0.39 is 10.0 Å². The van der Waals surface area contributed by atoms with Crippen molar-refractivity contribution in [2.24, 2.45) is 0 Å². The van der Waals surface area contributed by atoms with Gasteiger partial charge in [0.1, 0.15) is 0 Å². The molecule has 5 nitrogen and oxygen atoms in total. The van der Waals surface area contributed by atoms with Gasteiger partial charge in [-0.05, 0) is 19.1 Å². The fourth-order valence-electron chi connectivity index (χ4n) is 2.15. The first kappa shape index (κ1) is 14.0. The van der Waals surface area contributed by atoms with E-state index in [0.717, 1.165) is 5.69 Å². The number of carbonyl (C=O) groups is 1. The third-order valence-electron chi connectivity index (χ3n) is 3.28. The maximum atomic E-state index is 12.1. The van der Waals surface area contributed by atoms with Gasteiger partial charge in [0.25, 0.3) is 0 Å². The Labute approximate surface area is 113 Å². The van der Waals surface area contributed by atoms with Gasteiger partial charge in [-0.15, -0.1) is 0 Å². The maximum absolute atomic E-state index is 12.1. The van der Waals surface area contributed by atoms with Crippen LogP contribution in [0.5, 0.6) is 0 Å². The molecule has 0 N–H and O–H groups in total. The van der Waals surface area contributed by atoms with Crippen molar-refractivity contribution in [1.29, 1.82) is 0 Å². The average Bonchev–Trinajstić information content (AvgIpc) is 2.62. The van der Waals surface area contributed by atoms with E-state index in [2.05, 4.69) is 0 Å². The second-order valence-corrected chi connectivity index (χ2v) is 6.69. The van der Waals surface area contributed by atoms with Gasteiger partial charge in [0.2, 0.25) is 15.9 Å². The Morgan fingerprint density at radius 2 is 1.79 bits per heavy atom. The van der Waals surface area contributed by atoms with Crippen LogP contribution in [0, 0.1) is 0 Å². The molecule has 0 aliphatic carbocycles. The van der Waals surface area contributed by atoms with E-state index in [1.165, 1.54) is 4.31 Å². The summed E-state index contributed by atoms with van der Waals surface area (Å²) < 4.78 is 25.1. The SMILES string of the molecule is CCS(=O)(=O)N1CCC(=O)N(c2ccccc2)CC1. The highest BCUT2D eigenvalue weighted by molar-refractivity contribution is 7.89. The van der Waals surface area contributed by atoms with Gasteiger partial charge in [-0.25, -0.2) is 8.42 Å². The van der Waals surface area contributed by atoms with Crippen LogP contribution in [-0.4, -0.2) is 44.0 Å². The molecular formula is C13H18N2O3S. The first-order chi connectivity index (χ1) is 9.04. The van der Waals surface area contributed by atoms with Crippen molar-refractivity contribution in [1.82, 2.24) is 4.31 Å². The van der Waals surface area contributed by atoms with Gasteiger partial charge < -0.3 is 4.90 Å². The smallest absolute Gasteiger partial charge is 0.228 e. The number of rotatable bonds is 3. The van der Waals surface area contributed by atoms with Crippen LogP contribution < -0.4 is 4.90 Å². The summed E-state index contributed by atoms with van der Waals surface area (Å²) in [5, 5.41) is 0.